The molecule has 0 radical (unpaired) electrons. The highest BCUT2D eigenvalue weighted by Crippen LogP contribution is 2.31. The molecular formula is C26H28FN7O. The van der Waals surface area contributed by atoms with Crippen LogP contribution in [0.5, 0.6) is 0 Å². The van der Waals surface area contributed by atoms with E-state index in [9.17, 15) is 4.39 Å². The van der Waals surface area contributed by atoms with Crippen molar-refractivity contribution in [2.45, 2.75) is 38.8 Å². The summed E-state index contributed by atoms with van der Waals surface area (Å²) in [6.07, 6.45) is 2.10. The number of aromatic nitrogens is 5. The number of hydrogen-bond acceptors (Lipinski definition) is 7. The summed E-state index contributed by atoms with van der Waals surface area (Å²) in [5, 5.41) is 8.76. The molecule has 1 fully saturated rings. The molecule has 1 aromatic carbocycles. The van der Waals surface area contributed by atoms with Gasteiger partial charge in [-0.3, -0.25) is 9.58 Å². The fraction of sp³-hybridized carbons (Fsp3) is 0.385. The molecule has 0 bridgehead atoms. The lowest BCUT2D eigenvalue weighted by Crippen LogP contribution is -2.50. The smallest absolute Gasteiger partial charge is 0.229 e. The van der Waals surface area contributed by atoms with Crippen molar-refractivity contribution in [3.63, 3.8) is 0 Å². The van der Waals surface area contributed by atoms with E-state index in [1.54, 1.807) is 0 Å². The van der Waals surface area contributed by atoms with Crippen molar-refractivity contribution in [3.8, 4) is 11.3 Å². The standard InChI is InChI=1S/C26H28FN7O/c1-15(2)25-19-10-16(4-6-22(19)32-33(25)3)24-20(27)11-28-26(31-24)30-23-7-5-17-12-34(18-13-35-14-18)9-8-21(17)29-23/h4-7,10-11,15,18H,8-9,12-14H2,1-3H3,(H,28,29,30,31). The Morgan fingerprint density at radius 1 is 1.14 bits per heavy atom. The number of hydrogen-bond donors (Lipinski definition) is 1. The average molecular weight is 474 g/mol. The molecule has 2 aliphatic rings. The van der Waals surface area contributed by atoms with Crippen molar-refractivity contribution in [1.82, 2.24) is 29.6 Å². The molecule has 0 amide bonds. The maximum atomic E-state index is 14.8. The maximum absolute atomic E-state index is 14.8. The molecule has 1 saturated heterocycles. The summed E-state index contributed by atoms with van der Waals surface area (Å²) in [4.78, 5) is 15.9. The molecule has 4 aromatic rings. The molecule has 2 aliphatic heterocycles. The van der Waals surface area contributed by atoms with E-state index in [0.717, 1.165) is 55.0 Å². The number of nitrogens with zero attached hydrogens (tertiary/aromatic N) is 6. The lowest BCUT2D eigenvalue weighted by Gasteiger charge is -2.39. The van der Waals surface area contributed by atoms with Gasteiger partial charge in [0.1, 0.15) is 11.5 Å². The topological polar surface area (TPSA) is 81.0 Å². The minimum Gasteiger partial charge on any atom is -0.378 e. The molecule has 3 aromatic heterocycles. The molecule has 0 unspecified atom stereocenters. The lowest BCUT2D eigenvalue weighted by molar-refractivity contribution is -0.0696. The summed E-state index contributed by atoms with van der Waals surface area (Å²) in [5.74, 6) is 0.792. The van der Waals surface area contributed by atoms with Crippen LogP contribution in [0.25, 0.3) is 22.2 Å². The van der Waals surface area contributed by atoms with Crippen LogP contribution in [0, 0.1) is 5.82 Å². The van der Waals surface area contributed by atoms with Crippen LogP contribution in [-0.2, 0) is 24.8 Å². The molecule has 8 nitrogen and oxygen atoms in total. The first kappa shape index (κ1) is 22.1. The van der Waals surface area contributed by atoms with Crippen LogP contribution in [0.15, 0.2) is 36.5 Å². The molecule has 6 rings (SSSR count). The second kappa shape index (κ2) is 8.66. The number of aryl methyl sites for hydroxylation is 1. The highest BCUT2D eigenvalue weighted by molar-refractivity contribution is 5.86. The van der Waals surface area contributed by atoms with E-state index in [2.05, 4.69) is 45.2 Å². The number of benzene rings is 1. The Hall–Kier alpha value is -3.43. The largest absolute Gasteiger partial charge is 0.378 e. The highest BCUT2D eigenvalue weighted by atomic mass is 19.1. The van der Waals surface area contributed by atoms with Gasteiger partial charge in [0.15, 0.2) is 5.82 Å². The van der Waals surface area contributed by atoms with Crippen LogP contribution in [0.4, 0.5) is 16.2 Å². The lowest BCUT2D eigenvalue weighted by atomic mass is 10.0. The van der Waals surface area contributed by atoms with Gasteiger partial charge in [-0.05, 0) is 29.7 Å². The third kappa shape index (κ3) is 4.04. The number of nitrogens with one attached hydrogen (secondary N) is 1. The van der Waals surface area contributed by atoms with Gasteiger partial charge < -0.3 is 10.1 Å². The summed E-state index contributed by atoms with van der Waals surface area (Å²) in [6.45, 7) is 7.76. The third-order valence-corrected chi connectivity index (χ3v) is 6.90. The van der Waals surface area contributed by atoms with E-state index in [4.69, 9.17) is 9.72 Å². The van der Waals surface area contributed by atoms with Crippen LogP contribution in [0.2, 0.25) is 0 Å². The minimum atomic E-state index is -0.469. The second-order valence-electron chi connectivity index (χ2n) is 9.62. The van der Waals surface area contributed by atoms with Gasteiger partial charge in [-0.2, -0.15) is 5.10 Å². The summed E-state index contributed by atoms with van der Waals surface area (Å²) < 4.78 is 22.0. The van der Waals surface area contributed by atoms with E-state index in [1.807, 2.05) is 36.0 Å². The van der Waals surface area contributed by atoms with Gasteiger partial charge >= 0.3 is 0 Å². The summed E-state index contributed by atoms with van der Waals surface area (Å²) in [6, 6.07) is 10.3. The number of halogens is 1. The monoisotopic (exact) mass is 473 g/mol. The maximum Gasteiger partial charge on any atom is 0.229 e. The van der Waals surface area contributed by atoms with Crippen molar-refractivity contribution in [2.75, 3.05) is 25.1 Å². The normalized spacial score (nSPS) is 16.5. The molecule has 5 heterocycles. The molecule has 0 atom stereocenters. The Morgan fingerprint density at radius 2 is 2.00 bits per heavy atom. The zero-order valence-electron chi connectivity index (χ0n) is 20.1. The molecular weight excluding hydrogens is 445 g/mol. The van der Waals surface area contributed by atoms with Gasteiger partial charge in [0, 0.05) is 48.9 Å². The Bertz CT molecular complexity index is 1410. The van der Waals surface area contributed by atoms with Crippen molar-refractivity contribution >= 4 is 22.7 Å². The Balaban J connectivity index is 1.27. The highest BCUT2D eigenvalue weighted by Gasteiger charge is 2.29. The van der Waals surface area contributed by atoms with E-state index in [0.29, 0.717) is 23.4 Å². The second-order valence-corrected chi connectivity index (χ2v) is 9.62. The number of fused-ring (bicyclic) bond motifs is 2. The Kier molecular flexibility index (Phi) is 5.46. The number of rotatable bonds is 5. The molecule has 35 heavy (non-hydrogen) atoms. The van der Waals surface area contributed by atoms with E-state index >= 15 is 0 Å². The molecule has 9 heteroatoms. The fourth-order valence-electron chi connectivity index (χ4n) is 5.05. The van der Waals surface area contributed by atoms with Crippen LogP contribution in [-0.4, -0.2) is 55.4 Å². The van der Waals surface area contributed by atoms with Crippen LogP contribution >= 0.6 is 0 Å². The quantitative estimate of drug-likeness (QED) is 0.466. The fourth-order valence-corrected chi connectivity index (χ4v) is 5.05. The minimum absolute atomic E-state index is 0.249. The van der Waals surface area contributed by atoms with Crippen LogP contribution in [0.3, 0.4) is 0 Å². The summed E-state index contributed by atoms with van der Waals surface area (Å²) >= 11 is 0. The van der Waals surface area contributed by atoms with Crippen molar-refractivity contribution in [3.05, 3.63) is 59.3 Å². The molecule has 0 spiro atoms. The number of pyridine rings is 1. The van der Waals surface area contributed by atoms with Crippen molar-refractivity contribution in [2.24, 2.45) is 7.05 Å². The van der Waals surface area contributed by atoms with Gasteiger partial charge in [0.05, 0.1) is 31.0 Å². The predicted octanol–water partition coefficient (Wildman–Crippen LogP) is 4.19. The number of ether oxygens (including phenoxy) is 1. The first-order valence-corrected chi connectivity index (χ1v) is 12.0. The third-order valence-electron chi connectivity index (χ3n) is 6.90. The first-order valence-electron chi connectivity index (χ1n) is 12.0. The molecule has 180 valence electrons. The van der Waals surface area contributed by atoms with Gasteiger partial charge in [-0.1, -0.05) is 26.0 Å². The Labute approximate surface area is 203 Å². The zero-order valence-corrected chi connectivity index (χ0v) is 20.1. The first-order chi connectivity index (χ1) is 17.0. The summed E-state index contributed by atoms with van der Waals surface area (Å²) in [7, 11) is 1.94. The Morgan fingerprint density at radius 3 is 2.77 bits per heavy atom. The van der Waals surface area contributed by atoms with Gasteiger partial charge in [0.25, 0.3) is 0 Å². The van der Waals surface area contributed by atoms with Crippen molar-refractivity contribution in [1.29, 1.82) is 0 Å². The molecule has 1 N–H and O–H groups in total. The van der Waals surface area contributed by atoms with Gasteiger partial charge in [-0.15, -0.1) is 0 Å². The average Bonchev–Trinajstić information content (AvgIpc) is 3.14. The van der Waals surface area contributed by atoms with Crippen LogP contribution in [0.1, 0.15) is 36.7 Å². The zero-order chi connectivity index (χ0) is 24.1. The number of anilines is 2. The van der Waals surface area contributed by atoms with E-state index < -0.39 is 5.82 Å². The predicted molar refractivity (Wildman–Crippen MR) is 132 cm³/mol. The van der Waals surface area contributed by atoms with Crippen molar-refractivity contribution < 1.29 is 9.13 Å². The SMILES string of the molecule is CC(C)c1c2cc(-c3nc(Nc4ccc5c(n4)CCN(C4COC4)C5)ncc3F)ccc2nn1C. The summed E-state index contributed by atoms with van der Waals surface area (Å²) in [5.41, 5.74) is 5.25. The molecule has 0 aliphatic carbocycles. The van der Waals surface area contributed by atoms with Gasteiger partial charge in [0.2, 0.25) is 5.95 Å². The van der Waals surface area contributed by atoms with Crippen LogP contribution < -0.4 is 5.32 Å². The van der Waals surface area contributed by atoms with E-state index in [1.165, 1.54) is 11.8 Å². The molecule has 0 saturated carbocycles. The van der Waals surface area contributed by atoms with Gasteiger partial charge in [-0.25, -0.2) is 19.3 Å². The van der Waals surface area contributed by atoms with E-state index in [-0.39, 0.29) is 11.6 Å².